The molecule has 0 saturated carbocycles. The summed E-state index contributed by atoms with van der Waals surface area (Å²) in [6, 6.07) is 16.5. The Bertz CT molecular complexity index is 571. The fraction of sp³-hybridized carbons (Fsp3) is 0.118. The molecule has 0 N–H and O–H groups in total. The van der Waals surface area contributed by atoms with E-state index in [1.165, 1.54) is 6.08 Å². The molecule has 0 aliphatic carbocycles. The molecule has 0 saturated heterocycles. The monoisotopic (exact) mass is 268 g/mol. The van der Waals surface area contributed by atoms with Crippen molar-refractivity contribution in [1.82, 2.24) is 0 Å². The number of benzene rings is 2. The minimum absolute atomic E-state index is 0.405. The zero-order chi connectivity index (χ0) is 14.2. The number of esters is 1. The van der Waals surface area contributed by atoms with Gasteiger partial charge in [-0.15, -0.1) is 0 Å². The topological polar surface area (TPSA) is 35.5 Å². The van der Waals surface area contributed by atoms with E-state index < -0.39 is 5.97 Å². The van der Waals surface area contributed by atoms with Crippen molar-refractivity contribution in [3.63, 3.8) is 0 Å². The van der Waals surface area contributed by atoms with Gasteiger partial charge in [0.2, 0.25) is 0 Å². The minimum atomic E-state index is -0.405. The molecular formula is C17H16O3. The van der Waals surface area contributed by atoms with E-state index >= 15 is 0 Å². The number of carbonyl (C=O) groups excluding carboxylic acids is 1. The summed E-state index contributed by atoms with van der Waals surface area (Å²) in [7, 11) is 0. The first kappa shape index (κ1) is 13.9. The van der Waals surface area contributed by atoms with E-state index in [0.717, 1.165) is 11.3 Å². The summed E-state index contributed by atoms with van der Waals surface area (Å²) in [5.41, 5.74) is 0.955. The van der Waals surface area contributed by atoms with E-state index in [4.69, 9.17) is 9.47 Å². The highest BCUT2D eigenvalue weighted by molar-refractivity contribution is 5.88. The van der Waals surface area contributed by atoms with Gasteiger partial charge in [-0.2, -0.15) is 0 Å². The van der Waals surface area contributed by atoms with Crippen LogP contribution in [0.4, 0.5) is 0 Å². The molecule has 2 rings (SSSR count). The molecule has 2 aromatic rings. The second-order valence-electron chi connectivity index (χ2n) is 4.07. The summed E-state index contributed by atoms with van der Waals surface area (Å²) in [5, 5.41) is 0. The highest BCUT2D eigenvalue weighted by Gasteiger charge is 2.01. The Labute approximate surface area is 118 Å². The van der Waals surface area contributed by atoms with Crippen LogP contribution in [0.25, 0.3) is 6.08 Å². The van der Waals surface area contributed by atoms with Gasteiger partial charge in [-0.1, -0.05) is 30.3 Å². The average molecular weight is 268 g/mol. The lowest BCUT2D eigenvalue weighted by Crippen LogP contribution is -2.03. The summed E-state index contributed by atoms with van der Waals surface area (Å²) in [6.45, 7) is 2.53. The van der Waals surface area contributed by atoms with Crippen LogP contribution in [-0.2, 0) is 4.79 Å². The lowest BCUT2D eigenvalue weighted by atomic mass is 10.2. The van der Waals surface area contributed by atoms with Gasteiger partial charge in [0.25, 0.3) is 0 Å². The highest BCUT2D eigenvalue weighted by atomic mass is 16.5. The van der Waals surface area contributed by atoms with Crippen LogP contribution in [0.2, 0.25) is 0 Å². The molecule has 2 aromatic carbocycles. The summed E-state index contributed by atoms with van der Waals surface area (Å²) in [5.74, 6) is 0.848. The molecule has 0 bridgehead atoms. The SMILES string of the molecule is CCOc1ccc(OC(=O)C=Cc2ccccc2)cc1. The van der Waals surface area contributed by atoms with Crippen molar-refractivity contribution in [2.45, 2.75) is 6.92 Å². The van der Waals surface area contributed by atoms with Crippen molar-refractivity contribution in [3.8, 4) is 11.5 Å². The van der Waals surface area contributed by atoms with E-state index in [1.807, 2.05) is 37.3 Å². The molecule has 20 heavy (non-hydrogen) atoms. The van der Waals surface area contributed by atoms with Crippen LogP contribution in [0.1, 0.15) is 12.5 Å². The Morgan fingerprint density at radius 3 is 2.30 bits per heavy atom. The third kappa shape index (κ3) is 4.28. The first-order chi connectivity index (χ1) is 9.78. The number of carbonyl (C=O) groups is 1. The standard InChI is InChI=1S/C17H16O3/c1-2-19-15-9-11-16(12-10-15)20-17(18)13-8-14-6-4-3-5-7-14/h3-13H,2H2,1H3. The number of hydrogen-bond donors (Lipinski definition) is 0. The fourth-order valence-corrected chi connectivity index (χ4v) is 1.65. The Morgan fingerprint density at radius 2 is 1.65 bits per heavy atom. The maximum absolute atomic E-state index is 11.7. The first-order valence-corrected chi connectivity index (χ1v) is 6.46. The minimum Gasteiger partial charge on any atom is -0.494 e. The predicted octanol–water partition coefficient (Wildman–Crippen LogP) is 3.70. The second kappa shape index (κ2) is 7.14. The van der Waals surface area contributed by atoms with Crippen LogP contribution in [0.15, 0.2) is 60.7 Å². The number of rotatable bonds is 5. The molecule has 0 atom stereocenters. The molecule has 3 heteroatoms. The van der Waals surface area contributed by atoms with Crippen molar-refractivity contribution in [1.29, 1.82) is 0 Å². The molecular weight excluding hydrogens is 252 g/mol. The van der Waals surface area contributed by atoms with Crippen LogP contribution >= 0.6 is 0 Å². The van der Waals surface area contributed by atoms with Crippen molar-refractivity contribution in [3.05, 3.63) is 66.2 Å². The Balaban J connectivity index is 1.92. The smallest absolute Gasteiger partial charge is 0.336 e. The molecule has 0 amide bonds. The predicted molar refractivity (Wildman–Crippen MR) is 78.7 cm³/mol. The summed E-state index contributed by atoms with van der Waals surface area (Å²) in [4.78, 5) is 11.7. The van der Waals surface area contributed by atoms with E-state index in [1.54, 1.807) is 30.3 Å². The van der Waals surface area contributed by atoms with Gasteiger partial charge in [-0.3, -0.25) is 0 Å². The van der Waals surface area contributed by atoms with Crippen molar-refractivity contribution < 1.29 is 14.3 Å². The van der Waals surface area contributed by atoms with Gasteiger partial charge in [0, 0.05) is 6.08 Å². The van der Waals surface area contributed by atoms with Gasteiger partial charge < -0.3 is 9.47 Å². The number of hydrogen-bond acceptors (Lipinski definition) is 3. The maximum Gasteiger partial charge on any atom is 0.336 e. The van der Waals surface area contributed by atoms with E-state index in [2.05, 4.69) is 0 Å². The lowest BCUT2D eigenvalue weighted by molar-refractivity contribution is -0.128. The van der Waals surface area contributed by atoms with Crippen LogP contribution in [0, 0.1) is 0 Å². The molecule has 0 spiro atoms. The fourth-order valence-electron chi connectivity index (χ4n) is 1.65. The molecule has 0 heterocycles. The highest BCUT2D eigenvalue weighted by Crippen LogP contribution is 2.17. The first-order valence-electron chi connectivity index (χ1n) is 6.46. The van der Waals surface area contributed by atoms with Crippen molar-refractivity contribution in [2.24, 2.45) is 0 Å². The zero-order valence-corrected chi connectivity index (χ0v) is 11.3. The van der Waals surface area contributed by atoms with Crippen LogP contribution in [-0.4, -0.2) is 12.6 Å². The molecule has 0 unspecified atom stereocenters. The van der Waals surface area contributed by atoms with Crippen LogP contribution in [0.5, 0.6) is 11.5 Å². The van der Waals surface area contributed by atoms with Gasteiger partial charge in [0.15, 0.2) is 0 Å². The Kier molecular flexibility index (Phi) is 4.95. The van der Waals surface area contributed by atoms with Crippen molar-refractivity contribution in [2.75, 3.05) is 6.61 Å². The summed E-state index contributed by atoms with van der Waals surface area (Å²) in [6.07, 6.45) is 3.13. The largest absolute Gasteiger partial charge is 0.494 e. The lowest BCUT2D eigenvalue weighted by Gasteiger charge is -2.04. The van der Waals surface area contributed by atoms with Crippen LogP contribution < -0.4 is 9.47 Å². The zero-order valence-electron chi connectivity index (χ0n) is 11.3. The van der Waals surface area contributed by atoms with Crippen molar-refractivity contribution >= 4 is 12.0 Å². The van der Waals surface area contributed by atoms with Gasteiger partial charge in [0.05, 0.1) is 6.61 Å². The molecule has 3 nitrogen and oxygen atoms in total. The van der Waals surface area contributed by atoms with E-state index in [9.17, 15) is 4.79 Å². The van der Waals surface area contributed by atoms with E-state index in [-0.39, 0.29) is 0 Å². The summed E-state index contributed by atoms with van der Waals surface area (Å²) >= 11 is 0. The van der Waals surface area contributed by atoms with Crippen LogP contribution in [0.3, 0.4) is 0 Å². The third-order valence-electron chi connectivity index (χ3n) is 2.56. The summed E-state index contributed by atoms with van der Waals surface area (Å²) < 4.78 is 10.5. The molecule has 0 aromatic heterocycles. The maximum atomic E-state index is 11.7. The Morgan fingerprint density at radius 1 is 1.00 bits per heavy atom. The van der Waals surface area contributed by atoms with Gasteiger partial charge in [0.1, 0.15) is 11.5 Å². The normalized spacial score (nSPS) is 10.4. The molecule has 0 radical (unpaired) electrons. The quantitative estimate of drug-likeness (QED) is 0.471. The number of ether oxygens (including phenoxy) is 2. The van der Waals surface area contributed by atoms with Gasteiger partial charge in [-0.05, 0) is 42.8 Å². The molecule has 0 aliphatic rings. The third-order valence-corrected chi connectivity index (χ3v) is 2.56. The average Bonchev–Trinajstić information content (AvgIpc) is 2.49. The Hall–Kier alpha value is -2.55. The van der Waals surface area contributed by atoms with Gasteiger partial charge in [-0.25, -0.2) is 4.79 Å². The molecule has 0 aliphatic heterocycles. The molecule has 102 valence electrons. The second-order valence-corrected chi connectivity index (χ2v) is 4.07. The van der Waals surface area contributed by atoms with Gasteiger partial charge >= 0.3 is 5.97 Å². The molecule has 0 fully saturated rings. The van der Waals surface area contributed by atoms with E-state index in [0.29, 0.717) is 12.4 Å².